The summed E-state index contributed by atoms with van der Waals surface area (Å²) in [5.74, 6) is 0.975. The molecule has 2 heterocycles. The third-order valence-corrected chi connectivity index (χ3v) is 7.02. The van der Waals surface area contributed by atoms with Crippen molar-refractivity contribution in [3.8, 4) is 11.6 Å². The fourth-order valence-electron chi connectivity index (χ4n) is 4.79. The van der Waals surface area contributed by atoms with Gasteiger partial charge in [0.05, 0.1) is 5.41 Å². The molecule has 8 nitrogen and oxygen atoms in total. The molecule has 1 aliphatic rings. The number of carboxylic acid groups (broad SMARTS) is 1. The van der Waals surface area contributed by atoms with Crippen LogP contribution in [0.5, 0.6) is 11.6 Å². The van der Waals surface area contributed by atoms with Crippen LogP contribution in [0, 0.1) is 0 Å². The molecule has 38 heavy (non-hydrogen) atoms. The predicted molar refractivity (Wildman–Crippen MR) is 149 cm³/mol. The Morgan fingerprint density at radius 1 is 0.895 bits per heavy atom. The highest BCUT2D eigenvalue weighted by molar-refractivity contribution is 5.81. The number of carbonyl (C=O) groups is 1. The van der Waals surface area contributed by atoms with Gasteiger partial charge >= 0.3 is 5.97 Å². The number of hydrogen-bond donors (Lipinski definition) is 2. The number of aromatic nitrogens is 2. The summed E-state index contributed by atoms with van der Waals surface area (Å²) in [5, 5.41) is 9.97. The number of nitrogens with zero attached hydrogens (tertiary/aromatic N) is 4. The van der Waals surface area contributed by atoms with Gasteiger partial charge in [-0.2, -0.15) is 9.97 Å². The zero-order chi connectivity index (χ0) is 26.5. The molecule has 5 rings (SSSR count). The lowest BCUT2D eigenvalue weighted by molar-refractivity contribution is -0.143. The molecule has 0 amide bonds. The van der Waals surface area contributed by atoms with Crippen LogP contribution in [-0.2, 0) is 16.6 Å². The van der Waals surface area contributed by atoms with Crippen LogP contribution in [0.3, 0.4) is 0 Å². The molecule has 0 bridgehead atoms. The number of nitrogens with two attached hydrogens (primary N) is 1. The van der Waals surface area contributed by atoms with Gasteiger partial charge < -0.3 is 25.4 Å². The van der Waals surface area contributed by atoms with Crippen molar-refractivity contribution in [3.05, 3.63) is 102 Å². The summed E-state index contributed by atoms with van der Waals surface area (Å²) in [6.07, 6.45) is 0.353. The Morgan fingerprint density at radius 2 is 1.50 bits per heavy atom. The van der Waals surface area contributed by atoms with Gasteiger partial charge in [-0.05, 0) is 48.7 Å². The van der Waals surface area contributed by atoms with Crippen molar-refractivity contribution in [1.29, 1.82) is 0 Å². The smallest absolute Gasteiger partial charge is 0.314 e. The summed E-state index contributed by atoms with van der Waals surface area (Å²) < 4.78 is 6.01. The summed E-state index contributed by atoms with van der Waals surface area (Å²) in [7, 11) is 0. The molecule has 8 heteroatoms. The topological polar surface area (TPSA) is 105 Å². The Morgan fingerprint density at radius 3 is 2.13 bits per heavy atom. The van der Waals surface area contributed by atoms with Crippen molar-refractivity contribution in [2.75, 3.05) is 41.7 Å². The van der Waals surface area contributed by atoms with Gasteiger partial charge in [-0.15, -0.1) is 0 Å². The zero-order valence-electron chi connectivity index (χ0n) is 21.3. The maximum Gasteiger partial charge on any atom is 0.314 e. The van der Waals surface area contributed by atoms with Crippen molar-refractivity contribution in [2.24, 2.45) is 0 Å². The minimum absolute atomic E-state index is 0.152. The monoisotopic (exact) mass is 509 g/mol. The lowest BCUT2D eigenvalue weighted by Crippen LogP contribution is -2.46. The standard InChI is InChI=1S/C30H31N5O3/c1-30(28(36)37,23-8-4-2-5-9-23)21-22-12-14-25(15-13-22)38-27-20-26(32-29(31)33-27)35-18-16-34(17-19-35)24-10-6-3-7-11-24/h2-15,20H,16-19,21H2,1H3,(H,36,37)(H2,31,32,33)/t30-/m1/s1. The number of anilines is 3. The maximum atomic E-state index is 12.2. The van der Waals surface area contributed by atoms with E-state index in [4.69, 9.17) is 10.5 Å². The minimum Gasteiger partial charge on any atom is -0.481 e. The van der Waals surface area contributed by atoms with E-state index < -0.39 is 11.4 Å². The van der Waals surface area contributed by atoms with Crippen LogP contribution in [-0.4, -0.2) is 47.2 Å². The van der Waals surface area contributed by atoms with Crippen molar-refractivity contribution in [1.82, 2.24) is 9.97 Å². The van der Waals surface area contributed by atoms with Crippen molar-refractivity contribution in [2.45, 2.75) is 18.8 Å². The average molecular weight is 510 g/mol. The highest BCUT2D eigenvalue weighted by Gasteiger charge is 2.35. The number of piperazine rings is 1. The van der Waals surface area contributed by atoms with Gasteiger partial charge in [-0.1, -0.05) is 60.7 Å². The van der Waals surface area contributed by atoms with E-state index in [1.54, 1.807) is 13.0 Å². The fourth-order valence-corrected chi connectivity index (χ4v) is 4.79. The number of ether oxygens (including phenoxy) is 1. The molecule has 3 N–H and O–H groups in total. The molecule has 1 saturated heterocycles. The maximum absolute atomic E-state index is 12.2. The van der Waals surface area contributed by atoms with Gasteiger partial charge in [-0.25, -0.2) is 0 Å². The van der Waals surface area contributed by atoms with Gasteiger partial charge in [0.2, 0.25) is 11.8 Å². The first-order valence-electron chi connectivity index (χ1n) is 12.7. The Kier molecular flexibility index (Phi) is 7.13. The molecule has 3 aromatic carbocycles. The van der Waals surface area contributed by atoms with Crippen LogP contribution in [0.4, 0.5) is 17.5 Å². The fraction of sp³-hybridized carbons (Fsp3) is 0.233. The van der Waals surface area contributed by atoms with Crippen LogP contribution in [0.2, 0.25) is 0 Å². The Balaban J connectivity index is 1.26. The van der Waals surface area contributed by atoms with Crippen LogP contribution in [0.25, 0.3) is 0 Å². The lowest BCUT2D eigenvalue weighted by Gasteiger charge is -2.36. The molecule has 0 unspecified atom stereocenters. The van der Waals surface area contributed by atoms with Gasteiger partial charge in [-0.3, -0.25) is 4.79 Å². The first-order chi connectivity index (χ1) is 18.4. The SMILES string of the molecule is C[C@](Cc1ccc(Oc2cc(N3CCN(c4ccccc4)CC3)nc(N)n2)cc1)(C(=O)O)c1ccccc1. The van der Waals surface area contributed by atoms with Crippen LogP contribution < -0.4 is 20.3 Å². The normalized spacial score (nSPS) is 15.1. The summed E-state index contributed by atoms with van der Waals surface area (Å²) in [5.41, 5.74) is 7.86. The van der Waals surface area contributed by atoms with Crippen LogP contribution in [0.15, 0.2) is 91.0 Å². The Labute approximate surface area is 222 Å². The molecule has 1 aliphatic heterocycles. The summed E-state index contributed by atoms with van der Waals surface area (Å²) in [4.78, 5) is 25.4. The molecule has 0 saturated carbocycles. The predicted octanol–water partition coefficient (Wildman–Crippen LogP) is 4.76. The van der Waals surface area contributed by atoms with Crippen molar-refractivity contribution in [3.63, 3.8) is 0 Å². The Bertz CT molecular complexity index is 1370. The minimum atomic E-state index is -1.04. The van der Waals surface area contributed by atoms with Gasteiger partial charge in [0, 0.05) is 37.9 Å². The Hall–Kier alpha value is -4.59. The summed E-state index contributed by atoms with van der Waals surface area (Å²) >= 11 is 0. The van der Waals surface area contributed by atoms with Gasteiger partial charge in [0.1, 0.15) is 11.6 Å². The second-order valence-electron chi connectivity index (χ2n) is 9.66. The van der Waals surface area contributed by atoms with E-state index >= 15 is 0 Å². The largest absolute Gasteiger partial charge is 0.481 e. The van der Waals surface area contributed by atoms with E-state index in [9.17, 15) is 9.90 Å². The number of nitrogen functional groups attached to an aromatic ring is 1. The molecule has 194 valence electrons. The molecule has 0 aliphatic carbocycles. The summed E-state index contributed by atoms with van der Waals surface area (Å²) in [6.45, 7) is 5.13. The highest BCUT2D eigenvalue weighted by Crippen LogP contribution is 2.31. The van der Waals surface area contributed by atoms with E-state index in [-0.39, 0.29) is 5.95 Å². The van der Waals surface area contributed by atoms with E-state index in [2.05, 4.69) is 44.0 Å². The molecule has 1 aromatic heterocycles. The molecule has 0 radical (unpaired) electrons. The van der Waals surface area contributed by atoms with Crippen molar-refractivity contribution < 1.29 is 14.6 Å². The molecular formula is C30H31N5O3. The third-order valence-electron chi connectivity index (χ3n) is 7.02. The van der Waals surface area contributed by atoms with Crippen LogP contribution in [0.1, 0.15) is 18.1 Å². The number of carboxylic acids is 1. The van der Waals surface area contributed by atoms with Gasteiger partial charge in [0.25, 0.3) is 0 Å². The first kappa shape index (κ1) is 25.1. The third kappa shape index (κ3) is 5.54. The van der Waals surface area contributed by atoms with E-state index in [0.29, 0.717) is 18.1 Å². The van der Waals surface area contributed by atoms with Gasteiger partial charge in [0.15, 0.2) is 0 Å². The quantitative estimate of drug-likeness (QED) is 0.350. The number of rotatable bonds is 8. The molecule has 4 aromatic rings. The second kappa shape index (κ2) is 10.8. The van der Waals surface area contributed by atoms with E-state index in [1.165, 1.54) is 5.69 Å². The number of benzene rings is 3. The summed E-state index contributed by atoms with van der Waals surface area (Å²) in [6, 6.07) is 28.9. The number of hydrogen-bond acceptors (Lipinski definition) is 7. The molecule has 0 spiro atoms. The molecule has 1 fully saturated rings. The molecule has 1 atom stereocenters. The van der Waals surface area contributed by atoms with E-state index in [1.807, 2.05) is 60.7 Å². The zero-order valence-corrected chi connectivity index (χ0v) is 21.3. The highest BCUT2D eigenvalue weighted by atomic mass is 16.5. The van der Waals surface area contributed by atoms with E-state index in [0.717, 1.165) is 43.1 Å². The second-order valence-corrected chi connectivity index (χ2v) is 9.66. The first-order valence-corrected chi connectivity index (χ1v) is 12.7. The molecular weight excluding hydrogens is 478 g/mol. The van der Waals surface area contributed by atoms with Crippen LogP contribution >= 0.6 is 0 Å². The number of aliphatic carboxylic acids is 1. The van der Waals surface area contributed by atoms with Crippen molar-refractivity contribution >= 4 is 23.4 Å². The lowest BCUT2D eigenvalue weighted by atomic mass is 9.77. The average Bonchev–Trinajstić information content (AvgIpc) is 2.95. The number of para-hydroxylation sites is 1.